The zero-order chi connectivity index (χ0) is 23.9. The minimum atomic E-state index is -0.466. The topological polar surface area (TPSA) is 62.3 Å². The van der Waals surface area contributed by atoms with Gasteiger partial charge in [0.1, 0.15) is 11.2 Å². The number of aromatic nitrogens is 1. The van der Waals surface area contributed by atoms with Crippen LogP contribution in [0.25, 0.3) is 0 Å². The van der Waals surface area contributed by atoms with Gasteiger partial charge in [-0.1, -0.05) is 23.8 Å². The second kappa shape index (κ2) is 13.4. The lowest BCUT2D eigenvalue weighted by molar-refractivity contribution is -0.132. The largest absolute Gasteiger partial charge is 0.356 e. The van der Waals surface area contributed by atoms with Crippen LogP contribution in [0.15, 0.2) is 58.7 Å². The van der Waals surface area contributed by atoms with Crippen molar-refractivity contribution in [2.24, 2.45) is 0 Å². The number of nitrogens with one attached hydrogen (secondary N) is 1. The Kier molecular flexibility index (Phi) is 10.6. The Hall–Kier alpha value is -1.90. The van der Waals surface area contributed by atoms with Crippen molar-refractivity contribution in [2.75, 3.05) is 13.1 Å². The van der Waals surface area contributed by atoms with E-state index >= 15 is 0 Å². The number of pyridine rings is 1. The predicted molar refractivity (Wildman–Crippen MR) is 144 cm³/mol. The minimum Gasteiger partial charge on any atom is -0.356 e. The lowest BCUT2D eigenvalue weighted by Gasteiger charge is -2.24. The standard InChI is InChI=1S/C26H29BrFN3O2S.ClH/c27-21-16-19(9-10-22(21)28)26-31(15-12-20-8-4-5-13-29-20)25(33)23(34-26)17-24(32)30-14-11-18-6-2-1-3-7-18;/h4-6,8-10,13,16,23,26H,1-3,7,11-12,14-15,17H2,(H,30,32);1H. The zero-order valence-corrected chi connectivity index (χ0v) is 22.6. The molecule has 2 atom stereocenters. The summed E-state index contributed by atoms with van der Waals surface area (Å²) in [6.45, 7) is 1.09. The predicted octanol–water partition coefficient (Wildman–Crippen LogP) is 5.99. The molecule has 2 unspecified atom stereocenters. The molecule has 1 aromatic carbocycles. The quantitative estimate of drug-likeness (QED) is 0.369. The molecule has 2 heterocycles. The summed E-state index contributed by atoms with van der Waals surface area (Å²) in [6, 6.07) is 10.5. The third kappa shape index (κ3) is 7.54. The van der Waals surface area contributed by atoms with Gasteiger partial charge >= 0.3 is 0 Å². The molecule has 1 aliphatic carbocycles. The van der Waals surface area contributed by atoms with Crippen molar-refractivity contribution in [3.05, 3.63) is 75.8 Å². The summed E-state index contributed by atoms with van der Waals surface area (Å²) < 4.78 is 14.2. The summed E-state index contributed by atoms with van der Waals surface area (Å²) in [5.41, 5.74) is 3.15. The Balaban J connectivity index is 0.00000342. The fraction of sp³-hybridized carbons (Fsp3) is 0.423. The molecule has 1 fully saturated rings. The number of carbonyl (C=O) groups excluding carboxylic acids is 2. The van der Waals surface area contributed by atoms with E-state index in [9.17, 15) is 14.0 Å². The Bertz CT molecular complexity index is 1060. The molecule has 9 heteroatoms. The van der Waals surface area contributed by atoms with Crippen LogP contribution in [0.5, 0.6) is 0 Å². The molecule has 5 nitrogen and oxygen atoms in total. The summed E-state index contributed by atoms with van der Waals surface area (Å²) in [4.78, 5) is 32.1. The highest BCUT2D eigenvalue weighted by Gasteiger charge is 2.41. The minimum absolute atomic E-state index is 0. The molecule has 188 valence electrons. The van der Waals surface area contributed by atoms with Crippen molar-refractivity contribution in [3.8, 4) is 0 Å². The maximum absolute atomic E-state index is 13.8. The summed E-state index contributed by atoms with van der Waals surface area (Å²) in [5, 5.41) is 2.24. The van der Waals surface area contributed by atoms with Crippen molar-refractivity contribution >= 4 is 51.9 Å². The third-order valence-corrected chi connectivity index (χ3v) is 8.31. The highest BCUT2D eigenvalue weighted by molar-refractivity contribution is 9.10. The Morgan fingerprint density at radius 2 is 2.09 bits per heavy atom. The zero-order valence-electron chi connectivity index (χ0n) is 19.4. The van der Waals surface area contributed by atoms with Crippen LogP contribution in [-0.4, -0.2) is 40.0 Å². The SMILES string of the molecule is Cl.O=C(CC1SC(c2ccc(F)c(Br)c2)N(CCc2ccccn2)C1=O)NCCC1=CCCCC1. The van der Waals surface area contributed by atoms with E-state index in [0.29, 0.717) is 24.0 Å². The fourth-order valence-electron chi connectivity index (χ4n) is 4.39. The van der Waals surface area contributed by atoms with Crippen LogP contribution in [0.2, 0.25) is 0 Å². The van der Waals surface area contributed by atoms with Gasteiger partial charge in [-0.15, -0.1) is 24.2 Å². The molecule has 35 heavy (non-hydrogen) atoms. The fourth-order valence-corrected chi connectivity index (χ4v) is 6.26. The molecule has 1 aliphatic heterocycles. The van der Waals surface area contributed by atoms with E-state index in [1.165, 1.54) is 36.2 Å². The van der Waals surface area contributed by atoms with Crippen LogP contribution in [0, 0.1) is 5.82 Å². The molecular formula is C26H30BrClFN3O2S. The van der Waals surface area contributed by atoms with Gasteiger partial charge in [-0.05, 0) is 77.9 Å². The molecule has 1 N–H and O–H groups in total. The van der Waals surface area contributed by atoms with E-state index in [1.54, 1.807) is 23.2 Å². The van der Waals surface area contributed by atoms with E-state index in [0.717, 1.165) is 30.5 Å². The average Bonchev–Trinajstić information content (AvgIpc) is 3.15. The van der Waals surface area contributed by atoms with Gasteiger partial charge in [-0.25, -0.2) is 4.39 Å². The van der Waals surface area contributed by atoms with Gasteiger partial charge in [0.2, 0.25) is 11.8 Å². The van der Waals surface area contributed by atoms with Crippen LogP contribution >= 0.6 is 40.1 Å². The molecule has 0 saturated carbocycles. The first kappa shape index (κ1) is 27.7. The number of thioether (sulfide) groups is 1. The van der Waals surface area contributed by atoms with E-state index in [4.69, 9.17) is 0 Å². The molecule has 0 spiro atoms. The maximum atomic E-state index is 13.8. The van der Waals surface area contributed by atoms with Crippen LogP contribution in [0.1, 0.15) is 55.2 Å². The Morgan fingerprint density at radius 3 is 2.80 bits per heavy atom. The number of carbonyl (C=O) groups is 2. The van der Waals surface area contributed by atoms with Crippen LogP contribution < -0.4 is 5.32 Å². The third-order valence-electron chi connectivity index (χ3n) is 6.22. The summed E-state index contributed by atoms with van der Waals surface area (Å²) >= 11 is 4.71. The molecule has 2 amide bonds. The first-order chi connectivity index (χ1) is 16.5. The lowest BCUT2D eigenvalue weighted by Crippen LogP contribution is -2.35. The number of halogens is 3. The van der Waals surface area contributed by atoms with E-state index in [1.807, 2.05) is 18.2 Å². The first-order valence-electron chi connectivity index (χ1n) is 11.8. The number of nitrogens with zero attached hydrogens (tertiary/aromatic N) is 2. The molecule has 0 radical (unpaired) electrons. The number of hydrogen-bond donors (Lipinski definition) is 1. The molecule has 2 aromatic rings. The van der Waals surface area contributed by atoms with Crippen LogP contribution in [0.4, 0.5) is 4.39 Å². The number of amides is 2. The van der Waals surface area contributed by atoms with Crippen molar-refractivity contribution < 1.29 is 14.0 Å². The normalized spacial score (nSPS) is 19.8. The van der Waals surface area contributed by atoms with E-state index in [-0.39, 0.29) is 41.8 Å². The van der Waals surface area contributed by atoms with Gasteiger partial charge in [0.25, 0.3) is 0 Å². The Morgan fingerprint density at radius 1 is 1.23 bits per heavy atom. The lowest BCUT2D eigenvalue weighted by atomic mass is 9.97. The molecule has 1 saturated heterocycles. The van der Waals surface area contributed by atoms with Crippen LogP contribution in [-0.2, 0) is 16.0 Å². The smallest absolute Gasteiger partial charge is 0.237 e. The monoisotopic (exact) mass is 581 g/mol. The van der Waals surface area contributed by atoms with Gasteiger partial charge in [-0.2, -0.15) is 0 Å². The van der Waals surface area contributed by atoms with Gasteiger partial charge in [0.05, 0.1) is 9.72 Å². The highest BCUT2D eigenvalue weighted by atomic mass is 79.9. The summed E-state index contributed by atoms with van der Waals surface area (Å²) in [6.07, 6.45) is 10.4. The second-order valence-corrected chi connectivity index (χ2v) is 10.8. The second-order valence-electron chi connectivity index (χ2n) is 8.67. The Labute approximate surface area is 224 Å². The van der Waals surface area contributed by atoms with Crippen molar-refractivity contribution in [2.45, 2.75) is 55.6 Å². The van der Waals surface area contributed by atoms with Crippen LogP contribution in [0.3, 0.4) is 0 Å². The number of rotatable bonds is 9. The number of benzene rings is 1. The molecule has 4 rings (SSSR count). The maximum Gasteiger partial charge on any atom is 0.237 e. The van der Waals surface area contributed by atoms with Gasteiger partial charge < -0.3 is 10.2 Å². The number of hydrogen-bond acceptors (Lipinski definition) is 4. The van der Waals surface area contributed by atoms with Gasteiger partial charge in [-0.3, -0.25) is 14.6 Å². The average molecular weight is 583 g/mol. The highest BCUT2D eigenvalue weighted by Crippen LogP contribution is 2.45. The first-order valence-corrected chi connectivity index (χ1v) is 13.5. The van der Waals surface area contributed by atoms with Gasteiger partial charge in [0.15, 0.2) is 0 Å². The molecule has 2 aliphatic rings. The van der Waals surface area contributed by atoms with Crippen molar-refractivity contribution in [1.82, 2.24) is 15.2 Å². The van der Waals surface area contributed by atoms with Crippen molar-refractivity contribution in [1.29, 1.82) is 0 Å². The van der Waals surface area contributed by atoms with Crippen molar-refractivity contribution in [3.63, 3.8) is 0 Å². The number of allylic oxidation sites excluding steroid dienone is 1. The summed E-state index contributed by atoms with van der Waals surface area (Å²) in [5.74, 6) is -0.508. The van der Waals surface area contributed by atoms with E-state index in [2.05, 4.69) is 32.3 Å². The summed E-state index contributed by atoms with van der Waals surface area (Å²) in [7, 11) is 0. The molecular weight excluding hydrogens is 553 g/mol. The van der Waals surface area contributed by atoms with E-state index < -0.39 is 5.25 Å². The van der Waals surface area contributed by atoms with Gasteiger partial charge in [0, 0.05) is 37.8 Å². The molecule has 1 aromatic heterocycles. The molecule has 0 bridgehead atoms.